The van der Waals surface area contributed by atoms with Crippen molar-refractivity contribution in [2.24, 2.45) is 0 Å². The highest BCUT2D eigenvalue weighted by Gasteiger charge is 2.11. The molecular weight excluding hydrogens is 312 g/mol. The molecule has 0 spiro atoms. The van der Waals surface area contributed by atoms with Gasteiger partial charge in [-0.3, -0.25) is 4.98 Å². The van der Waals surface area contributed by atoms with E-state index in [0.717, 1.165) is 28.1 Å². The van der Waals surface area contributed by atoms with Gasteiger partial charge in [0.05, 0.1) is 5.69 Å². The maximum absolute atomic E-state index is 6.02. The lowest BCUT2D eigenvalue weighted by Crippen LogP contribution is -1.95. The van der Waals surface area contributed by atoms with Gasteiger partial charge in [0.2, 0.25) is 5.88 Å². The van der Waals surface area contributed by atoms with Crippen LogP contribution in [0.5, 0.6) is 11.6 Å². The van der Waals surface area contributed by atoms with Crippen LogP contribution in [0.15, 0.2) is 79.5 Å². The van der Waals surface area contributed by atoms with E-state index in [-0.39, 0.29) is 0 Å². The van der Waals surface area contributed by atoms with E-state index >= 15 is 0 Å². The molecule has 0 fully saturated rings. The highest BCUT2D eigenvalue weighted by atomic mass is 16.5. The van der Waals surface area contributed by atoms with Crippen LogP contribution in [-0.4, -0.2) is 19.7 Å². The van der Waals surface area contributed by atoms with Gasteiger partial charge < -0.3 is 4.74 Å². The number of hydrogen-bond acceptors (Lipinski definition) is 4. The third-order valence-electron chi connectivity index (χ3n) is 3.92. The number of aromatic nitrogens is 4. The molecule has 0 saturated heterocycles. The molecule has 0 amide bonds. The molecule has 0 saturated carbocycles. The average Bonchev–Trinajstić information content (AvgIpc) is 3.18. The van der Waals surface area contributed by atoms with Crippen LogP contribution in [0.3, 0.4) is 0 Å². The molecule has 0 unspecified atom stereocenters. The molecule has 5 heteroatoms. The summed E-state index contributed by atoms with van der Waals surface area (Å²) in [5, 5.41) is 4.22. The van der Waals surface area contributed by atoms with E-state index in [0.29, 0.717) is 5.88 Å². The van der Waals surface area contributed by atoms with Gasteiger partial charge in [-0.25, -0.2) is 9.67 Å². The van der Waals surface area contributed by atoms with Gasteiger partial charge in [-0.2, -0.15) is 5.10 Å². The van der Waals surface area contributed by atoms with Crippen molar-refractivity contribution in [3.8, 4) is 28.4 Å². The van der Waals surface area contributed by atoms with Crippen molar-refractivity contribution in [3.05, 3.63) is 85.1 Å². The SMILES string of the molecule is Cc1ccncc1-c1cccnc1Oc1ccc(-n2cccn2)cc1. The van der Waals surface area contributed by atoms with Crippen molar-refractivity contribution < 1.29 is 4.74 Å². The molecule has 0 radical (unpaired) electrons. The first kappa shape index (κ1) is 15.1. The molecule has 0 bridgehead atoms. The van der Waals surface area contributed by atoms with Crippen LogP contribution in [0.2, 0.25) is 0 Å². The largest absolute Gasteiger partial charge is 0.438 e. The minimum Gasteiger partial charge on any atom is -0.438 e. The predicted octanol–water partition coefficient (Wildman–Crippen LogP) is 4.43. The third kappa shape index (κ3) is 3.12. The van der Waals surface area contributed by atoms with Gasteiger partial charge in [0.15, 0.2) is 0 Å². The van der Waals surface area contributed by atoms with E-state index in [1.165, 1.54) is 0 Å². The second-order valence-electron chi connectivity index (χ2n) is 5.59. The fourth-order valence-corrected chi connectivity index (χ4v) is 2.62. The average molecular weight is 328 g/mol. The number of rotatable bonds is 4. The summed E-state index contributed by atoms with van der Waals surface area (Å²) >= 11 is 0. The van der Waals surface area contributed by atoms with Crippen LogP contribution >= 0.6 is 0 Å². The molecule has 0 N–H and O–H groups in total. The minimum absolute atomic E-state index is 0.561. The molecule has 122 valence electrons. The van der Waals surface area contributed by atoms with Crippen molar-refractivity contribution in [3.63, 3.8) is 0 Å². The topological polar surface area (TPSA) is 52.8 Å². The van der Waals surface area contributed by atoms with Crippen molar-refractivity contribution in [2.75, 3.05) is 0 Å². The number of nitrogens with zero attached hydrogens (tertiary/aromatic N) is 4. The van der Waals surface area contributed by atoms with Crippen LogP contribution in [0, 0.1) is 6.92 Å². The lowest BCUT2D eigenvalue weighted by molar-refractivity contribution is 0.465. The van der Waals surface area contributed by atoms with Gasteiger partial charge in [-0.15, -0.1) is 0 Å². The molecule has 4 aromatic rings. The van der Waals surface area contributed by atoms with E-state index in [1.54, 1.807) is 23.3 Å². The molecular formula is C20H16N4O. The fourth-order valence-electron chi connectivity index (χ4n) is 2.62. The maximum atomic E-state index is 6.02. The molecule has 0 atom stereocenters. The van der Waals surface area contributed by atoms with Crippen molar-refractivity contribution in [1.82, 2.24) is 19.7 Å². The summed E-state index contributed by atoms with van der Waals surface area (Å²) in [6, 6.07) is 15.5. The molecule has 25 heavy (non-hydrogen) atoms. The zero-order chi connectivity index (χ0) is 17.1. The van der Waals surface area contributed by atoms with Crippen LogP contribution in [0.25, 0.3) is 16.8 Å². The monoisotopic (exact) mass is 328 g/mol. The molecule has 0 aliphatic carbocycles. The Hall–Kier alpha value is -3.47. The summed E-state index contributed by atoms with van der Waals surface area (Å²) in [6.07, 6.45) is 8.99. The Morgan fingerprint density at radius 3 is 2.52 bits per heavy atom. The fraction of sp³-hybridized carbons (Fsp3) is 0.0500. The Labute approximate surface area is 145 Å². The van der Waals surface area contributed by atoms with Crippen molar-refractivity contribution in [1.29, 1.82) is 0 Å². The van der Waals surface area contributed by atoms with Crippen LogP contribution in [0.4, 0.5) is 0 Å². The van der Waals surface area contributed by atoms with Gasteiger partial charge >= 0.3 is 0 Å². The lowest BCUT2D eigenvalue weighted by atomic mass is 10.0. The zero-order valence-electron chi connectivity index (χ0n) is 13.7. The van der Waals surface area contributed by atoms with Gasteiger partial charge in [-0.05, 0) is 61.0 Å². The first-order valence-electron chi connectivity index (χ1n) is 7.95. The molecule has 3 heterocycles. The van der Waals surface area contributed by atoms with Crippen LogP contribution in [0.1, 0.15) is 5.56 Å². The Kier molecular flexibility index (Phi) is 3.96. The number of pyridine rings is 2. The molecule has 0 aliphatic heterocycles. The number of ether oxygens (including phenoxy) is 1. The molecule has 3 aromatic heterocycles. The Morgan fingerprint density at radius 1 is 0.880 bits per heavy atom. The normalized spacial score (nSPS) is 10.6. The van der Waals surface area contributed by atoms with Gasteiger partial charge in [0.1, 0.15) is 5.75 Å². The Morgan fingerprint density at radius 2 is 1.76 bits per heavy atom. The Bertz CT molecular complexity index is 979. The lowest BCUT2D eigenvalue weighted by Gasteiger charge is -2.12. The summed E-state index contributed by atoms with van der Waals surface area (Å²) in [5.41, 5.74) is 4.03. The second-order valence-corrected chi connectivity index (χ2v) is 5.59. The molecule has 1 aromatic carbocycles. The minimum atomic E-state index is 0.561. The van der Waals surface area contributed by atoms with Crippen molar-refractivity contribution >= 4 is 0 Å². The van der Waals surface area contributed by atoms with E-state index in [9.17, 15) is 0 Å². The zero-order valence-corrected chi connectivity index (χ0v) is 13.7. The first-order valence-corrected chi connectivity index (χ1v) is 7.95. The van der Waals surface area contributed by atoms with E-state index < -0.39 is 0 Å². The van der Waals surface area contributed by atoms with E-state index in [1.807, 2.05) is 67.8 Å². The smallest absolute Gasteiger partial charge is 0.227 e. The standard InChI is InChI=1S/C20H16N4O/c1-15-9-12-21-14-19(15)18-4-2-10-22-20(18)25-17-7-5-16(6-8-17)24-13-3-11-23-24/h2-14H,1H3. The van der Waals surface area contributed by atoms with Crippen molar-refractivity contribution in [2.45, 2.75) is 6.92 Å². The van der Waals surface area contributed by atoms with E-state index in [4.69, 9.17) is 4.74 Å². The number of aryl methyl sites for hydroxylation is 1. The summed E-state index contributed by atoms with van der Waals surface area (Å²) in [7, 11) is 0. The second kappa shape index (κ2) is 6.57. The maximum Gasteiger partial charge on any atom is 0.227 e. The third-order valence-corrected chi connectivity index (χ3v) is 3.92. The molecule has 4 rings (SSSR count). The summed E-state index contributed by atoms with van der Waals surface area (Å²) in [4.78, 5) is 8.61. The van der Waals surface area contributed by atoms with Crippen LogP contribution in [-0.2, 0) is 0 Å². The quantitative estimate of drug-likeness (QED) is 0.556. The van der Waals surface area contributed by atoms with Crippen LogP contribution < -0.4 is 4.74 Å². The van der Waals surface area contributed by atoms with Gasteiger partial charge in [-0.1, -0.05) is 0 Å². The first-order chi connectivity index (χ1) is 12.3. The predicted molar refractivity (Wildman–Crippen MR) is 95.8 cm³/mol. The molecule has 0 aliphatic rings. The summed E-state index contributed by atoms with van der Waals surface area (Å²) < 4.78 is 7.82. The highest BCUT2D eigenvalue weighted by Crippen LogP contribution is 2.32. The molecule has 5 nitrogen and oxygen atoms in total. The summed E-state index contributed by atoms with van der Waals surface area (Å²) in [6.45, 7) is 2.05. The van der Waals surface area contributed by atoms with Gasteiger partial charge in [0.25, 0.3) is 0 Å². The highest BCUT2D eigenvalue weighted by molar-refractivity contribution is 5.71. The summed E-state index contributed by atoms with van der Waals surface area (Å²) in [5.74, 6) is 1.28. The number of benzene rings is 1. The number of hydrogen-bond donors (Lipinski definition) is 0. The van der Waals surface area contributed by atoms with E-state index in [2.05, 4.69) is 15.1 Å². The Balaban J connectivity index is 1.65. The van der Waals surface area contributed by atoms with Gasteiger partial charge in [0, 0.05) is 42.1 Å².